The summed E-state index contributed by atoms with van der Waals surface area (Å²) >= 11 is 0. The molecule has 0 aliphatic heterocycles. The van der Waals surface area contributed by atoms with E-state index >= 15 is 0 Å². The molecule has 0 amide bonds. The molecule has 2 heterocycles. The zero-order chi connectivity index (χ0) is 23.0. The normalized spacial score (nSPS) is 12.6. The van der Waals surface area contributed by atoms with E-state index in [0.717, 1.165) is 6.20 Å². The zero-order valence-electron chi connectivity index (χ0n) is 17.8. The number of aromatic amines is 1. The van der Waals surface area contributed by atoms with Crippen LogP contribution in [0.4, 0.5) is 36.4 Å². The molecule has 0 fully saturated rings. The Morgan fingerprint density at radius 3 is 2.19 bits per heavy atom. The van der Waals surface area contributed by atoms with Crippen molar-refractivity contribution in [3.63, 3.8) is 0 Å². The Labute approximate surface area is 178 Å². The minimum Gasteiger partial charge on any atom is -0.325 e. The van der Waals surface area contributed by atoms with Gasteiger partial charge in [0, 0.05) is 28.7 Å². The molecule has 3 aromatic rings. The van der Waals surface area contributed by atoms with Crippen LogP contribution in [0.2, 0.25) is 0 Å². The monoisotopic (exact) mass is 452 g/mol. The number of alkyl halides is 3. The van der Waals surface area contributed by atoms with Gasteiger partial charge in [-0.2, -0.15) is 23.3 Å². The molecule has 3 N–H and O–H groups in total. The van der Waals surface area contributed by atoms with E-state index in [0.29, 0.717) is 16.7 Å². The summed E-state index contributed by atoms with van der Waals surface area (Å²) in [5.41, 5.74) is -0.0210. The predicted molar refractivity (Wildman–Crippen MR) is 116 cm³/mol. The topological polar surface area (TPSA) is 95.6 Å². The molecule has 0 aliphatic carbocycles. The standard InChI is InChI=1S/C20H24F3N6OP/c1-19(2,3)15-10-16(29-28-15)26-17-14(20(21,22)23)11-24-18(27-17)25-12-6-8-13(9-7-12)31(4,5)30/h6-11H,1-5H3,(H3,24,25,26,27,28,29). The smallest absolute Gasteiger partial charge is 0.325 e. The molecule has 11 heteroatoms. The summed E-state index contributed by atoms with van der Waals surface area (Å²) in [5.74, 6) is -0.140. The maximum atomic E-state index is 13.5. The summed E-state index contributed by atoms with van der Waals surface area (Å²) in [6.45, 7) is 9.16. The van der Waals surface area contributed by atoms with Crippen molar-refractivity contribution in [2.24, 2.45) is 0 Å². The highest BCUT2D eigenvalue weighted by Crippen LogP contribution is 2.36. The first kappa shape index (κ1) is 22.8. The molecule has 1 aromatic carbocycles. The van der Waals surface area contributed by atoms with E-state index in [1.54, 1.807) is 43.7 Å². The molecule has 0 bridgehead atoms. The van der Waals surface area contributed by atoms with Crippen molar-refractivity contribution in [3.8, 4) is 0 Å². The summed E-state index contributed by atoms with van der Waals surface area (Å²) < 4.78 is 52.5. The zero-order valence-corrected chi connectivity index (χ0v) is 18.7. The van der Waals surface area contributed by atoms with Crippen LogP contribution in [-0.2, 0) is 16.2 Å². The van der Waals surface area contributed by atoms with Gasteiger partial charge in [0.2, 0.25) is 5.95 Å². The first-order valence-electron chi connectivity index (χ1n) is 9.43. The number of benzene rings is 1. The molecular weight excluding hydrogens is 428 g/mol. The van der Waals surface area contributed by atoms with Crippen molar-refractivity contribution in [1.29, 1.82) is 0 Å². The van der Waals surface area contributed by atoms with Crippen LogP contribution in [0.25, 0.3) is 0 Å². The van der Waals surface area contributed by atoms with Crippen LogP contribution in [0.1, 0.15) is 32.0 Å². The molecule has 0 saturated heterocycles. The molecule has 0 unspecified atom stereocenters. The maximum Gasteiger partial charge on any atom is 0.421 e. The van der Waals surface area contributed by atoms with Crippen molar-refractivity contribution in [1.82, 2.24) is 20.2 Å². The van der Waals surface area contributed by atoms with Crippen molar-refractivity contribution in [2.45, 2.75) is 32.4 Å². The fourth-order valence-electron chi connectivity index (χ4n) is 2.68. The molecule has 7 nitrogen and oxygen atoms in total. The lowest BCUT2D eigenvalue weighted by Gasteiger charge is -2.15. The SMILES string of the molecule is CC(C)(C)c1cc(Nc2nc(Nc3ccc(P(C)(C)=O)cc3)ncc2C(F)(F)F)[nH]n1. The van der Waals surface area contributed by atoms with Crippen molar-refractivity contribution in [3.05, 3.63) is 47.8 Å². The van der Waals surface area contributed by atoms with E-state index < -0.39 is 24.7 Å². The van der Waals surface area contributed by atoms with Crippen molar-refractivity contribution >= 4 is 35.7 Å². The highest BCUT2D eigenvalue weighted by atomic mass is 31.2. The van der Waals surface area contributed by atoms with Gasteiger partial charge in [0.25, 0.3) is 0 Å². The van der Waals surface area contributed by atoms with Crippen LogP contribution in [0.3, 0.4) is 0 Å². The fraction of sp³-hybridized carbons (Fsp3) is 0.350. The number of H-pyrrole nitrogens is 1. The number of nitrogens with one attached hydrogen (secondary N) is 3. The minimum absolute atomic E-state index is 0.0185. The number of anilines is 4. The molecule has 0 radical (unpaired) electrons. The van der Waals surface area contributed by atoms with Crippen LogP contribution >= 0.6 is 7.14 Å². The summed E-state index contributed by atoms with van der Waals surface area (Å²) in [6, 6.07) is 8.39. The van der Waals surface area contributed by atoms with E-state index in [4.69, 9.17) is 0 Å². The van der Waals surface area contributed by atoms with Gasteiger partial charge in [0.05, 0.1) is 5.69 Å². The molecule has 0 saturated carbocycles. The van der Waals surface area contributed by atoms with E-state index in [-0.39, 0.29) is 17.2 Å². The predicted octanol–water partition coefficient (Wildman–Crippen LogP) is 5.25. The molecular formula is C20H24F3N6OP. The van der Waals surface area contributed by atoms with Gasteiger partial charge in [-0.3, -0.25) is 5.10 Å². The summed E-state index contributed by atoms with van der Waals surface area (Å²) in [5, 5.41) is 13.1. The van der Waals surface area contributed by atoms with Crippen LogP contribution < -0.4 is 15.9 Å². The Morgan fingerprint density at radius 1 is 1.03 bits per heavy atom. The number of rotatable bonds is 5. The Kier molecular flexibility index (Phi) is 5.88. The lowest BCUT2D eigenvalue weighted by molar-refractivity contribution is -0.137. The highest BCUT2D eigenvalue weighted by molar-refractivity contribution is 7.70. The Morgan fingerprint density at radius 2 is 1.68 bits per heavy atom. The number of aromatic nitrogens is 4. The average Bonchev–Trinajstić information content (AvgIpc) is 3.09. The van der Waals surface area contributed by atoms with E-state index in [9.17, 15) is 17.7 Å². The number of halogens is 3. The van der Waals surface area contributed by atoms with Crippen LogP contribution in [0, 0.1) is 0 Å². The van der Waals surface area contributed by atoms with Gasteiger partial charge < -0.3 is 15.2 Å². The molecule has 0 aliphatic rings. The lowest BCUT2D eigenvalue weighted by atomic mass is 9.92. The summed E-state index contributed by atoms with van der Waals surface area (Å²) in [6.07, 6.45) is -3.92. The average molecular weight is 452 g/mol. The van der Waals surface area contributed by atoms with E-state index in [2.05, 4.69) is 30.8 Å². The summed E-state index contributed by atoms with van der Waals surface area (Å²) in [7, 11) is -2.41. The van der Waals surface area contributed by atoms with Gasteiger partial charge in [-0.1, -0.05) is 20.8 Å². The van der Waals surface area contributed by atoms with Crippen molar-refractivity contribution in [2.75, 3.05) is 24.0 Å². The second-order valence-electron chi connectivity index (χ2n) is 8.52. The quantitative estimate of drug-likeness (QED) is 0.458. The van der Waals surface area contributed by atoms with Crippen LogP contribution in [0.15, 0.2) is 36.5 Å². The molecule has 0 spiro atoms. The van der Waals surface area contributed by atoms with Crippen LogP contribution in [-0.4, -0.2) is 33.5 Å². The third-order valence-electron chi connectivity index (χ3n) is 4.44. The largest absolute Gasteiger partial charge is 0.421 e. The van der Waals surface area contributed by atoms with Gasteiger partial charge >= 0.3 is 6.18 Å². The minimum atomic E-state index is -4.64. The molecule has 166 valence electrons. The number of hydrogen-bond donors (Lipinski definition) is 3. The van der Waals surface area contributed by atoms with Crippen LogP contribution in [0.5, 0.6) is 0 Å². The molecule has 0 atom stereocenters. The van der Waals surface area contributed by atoms with Gasteiger partial charge in [-0.05, 0) is 37.6 Å². The molecule has 31 heavy (non-hydrogen) atoms. The third-order valence-corrected chi connectivity index (χ3v) is 5.98. The molecule has 2 aromatic heterocycles. The van der Waals surface area contributed by atoms with Gasteiger partial charge in [0.1, 0.15) is 24.3 Å². The fourth-order valence-corrected chi connectivity index (χ4v) is 3.54. The maximum absolute atomic E-state index is 13.5. The van der Waals surface area contributed by atoms with Gasteiger partial charge in [-0.15, -0.1) is 0 Å². The summed E-state index contributed by atoms with van der Waals surface area (Å²) in [4.78, 5) is 7.81. The third kappa shape index (κ3) is 5.64. The van der Waals surface area contributed by atoms with Gasteiger partial charge in [0.15, 0.2) is 0 Å². The van der Waals surface area contributed by atoms with Gasteiger partial charge in [-0.25, -0.2) is 4.98 Å². The Balaban J connectivity index is 1.90. The first-order chi connectivity index (χ1) is 14.2. The Bertz CT molecular complexity index is 1110. The highest BCUT2D eigenvalue weighted by Gasteiger charge is 2.35. The first-order valence-corrected chi connectivity index (χ1v) is 12.0. The molecule has 3 rings (SSSR count). The number of nitrogens with zero attached hydrogens (tertiary/aromatic N) is 3. The van der Waals surface area contributed by atoms with E-state index in [1.165, 1.54) is 0 Å². The van der Waals surface area contributed by atoms with E-state index in [1.807, 2.05) is 20.8 Å². The number of hydrogen-bond acceptors (Lipinski definition) is 6. The Hall–Kier alpha value is -2.87. The van der Waals surface area contributed by atoms with Crippen molar-refractivity contribution < 1.29 is 17.7 Å². The lowest BCUT2D eigenvalue weighted by Crippen LogP contribution is -2.13. The second kappa shape index (κ2) is 8.00. The second-order valence-corrected chi connectivity index (χ2v) is 11.7.